The molecule has 0 radical (unpaired) electrons. The number of halogens is 1. The number of carbonyl (C=O) groups is 2. The van der Waals surface area contributed by atoms with Crippen molar-refractivity contribution >= 4 is 40.8 Å². The molecule has 1 fully saturated rings. The zero-order valence-electron chi connectivity index (χ0n) is 23.1. The highest BCUT2D eigenvalue weighted by Gasteiger charge is 2.21. The molecular formula is C29H34FN7O3S. The van der Waals surface area contributed by atoms with Gasteiger partial charge >= 0.3 is 6.03 Å². The summed E-state index contributed by atoms with van der Waals surface area (Å²) in [5.41, 5.74) is 1.21. The van der Waals surface area contributed by atoms with E-state index in [1.54, 1.807) is 17.0 Å². The van der Waals surface area contributed by atoms with Gasteiger partial charge in [-0.2, -0.15) is 0 Å². The van der Waals surface area contributed by atoms with Gasteiger partial charge in [-0.25, -0.2) is 14.2 Å². The zero-order valence-corrected chi connectivity index (χ0v) is 23.9. The average molecular weight is 580 g/mol. The fourth-order valence-electron chi connectivity index (χ4n) is 4.15. The second kappa shape index (κ2) is 14.5. The summed E-state index contributed by atoms with van der Waals surface area (Å²) in [6.45, 7) is 4.82. The van der Waals surface area contributed by atoms with Crippen LogP contribution in [0, 0.1) is 5.82 Å². The first-order valence-electron chi connectivity index (χ1n) is 13.3. The molecule has 1 aliphatic rings. The number of rotatable bonds is 9. The molecule has 41 heavy (non-hydrogen) atoms. The summed E-state index contributed by atoms with van der Waals surface area (Å²) >= 11 is 5.19. The number of nitrogens with one attached hydrogen (secondary N) is 3. The molecule has 4 rings (SSSR count). The largest absolute Gasteiger partial charge is 0.454 e. The van der Waals surface area contributed by atoms with E-state index in [-0.39, 0.29) is 29.2 Å². The Morgan fingerprint density at radius 3 is 2.49 bits per heavy atom. The van der Waals surface area contributed by atoms with E-state index < -0.39 is 5.82 Å². The van der Waals surface area contributed by atoms with Crippen LogP contribution >= 0.6 is 12.2 Å². The Morgan fingerprint density at radius 1 is 1.02 bits per heavy atom. The number of piperazine rings is 1. The minimum Gasteiger partial charge on any atom is -0.454 e. The van der Waals surface area contributed by atoms with Crippen molar-refractivity contribution in [1.82, 2.24) is 25.0 Å². The lowest BCUT2D eigenvalue weighted by atomic mass is 10.1. The van der Waals surface area contributed by atoms with Crippen molar-refractivity contribution in [2.75, 3.05) is 64.0 Å². The Morgan fingerprint density at radius 2 is 1.78 bits per heavy atom. The highest BCUT2D eigenvalue weighted by Crippen LogP contribution is 2.27. The van der Waals surface area contributed by atoms with Crippen LogP contribution in [0.2, 0.25) is 0 Å². The molecule has 2 heterocycles. The number of hydrogen-bond donors (Lipinski definition) is 3. The van der Waals surface area contributed by atoms with Gasteiger partial charge in [0.1, 0.15) is 11.6 Å². The van der Waals surface area contributed by atoms with Gasteiger partial charge in [-0.05, 0) is 50.1 Å². The maximum Gasteiger partial charge on any atom is 0.323 e. The second-order valence-corrected chi connectivity index (χ2v) is 10.3. The van der Waals surface area contributed by atoms with Crippen LogP contribution in [0.3, 0.4) is 0 Å². The van der Waals surface area contributed by atoms with Gasteiger partial charge in [0.15, 0.2) is 16.7 Å². The number of likely N-dealkylation sites (N-methyl/N-ethyl adjacent to an activating group) is 1. The quantitative estimate of drug-likeness (QED) is 0.330. The Hall–Kier alpha value is -4.13. The molecule has 0 aliphatic carbocycles. The summed E-state index contributed by atoms with van der Waals surface area (Å²) in [7, 11) is 4.09. The standard InChI is InChI=1S/C29H34FN7O3S/c1-35(2)12-13-36-14-16-37(17-15-36)29(39)33-26-20-23(10-11-31-26)40-25-9-8-22(19-24(25)30)32-28(41)34-27(38)18-21-6-4-3-5-7-21/h3-11,19-20H,12-18H2,1-2H3,(H,31,33,39)(H2,32,34,38,41). The highest BCUT2D eigenvalue weighted by atomic mass is 32.1. The van der Waals surface area contributed by atoms with E-state index in [0.29, 0.717) is 30.3 Å². The number of anilines is 2. The summed E-state index contributed by atoms with van der Waals surface area (Å²) in [5, 5.41) is 8.24. The number of urea groups is 1. The Labute approximate surface area is 244 Å². The lowest BCUT2D eigenvalue weighted by Crippen LogP contribution is -2.51. The van der Waals surface area contributed by atoms with Gasteiger partial charge in [-0.15, -0.1) is 0 Å². The minimum atomic E-state index is -0.636. The summed E-state index contributed by atoms with van der Waals surface area (Å²) in [6.07, 6.45) is 1.65. The van der Waals surface area contributed by atoms with Gasteiger partial charge < -0.3 is 25.2 Å². The van der Waals surface area contributed by atoms with Crippen LogP contribution in [-0.4, -0.2) is 90.1 Å². The number of ether oxygens (including phenoxy) is 1. The fourth-order valence-corrected chi connectivity index (χ4v) is 4.38. The molecule has 3 aromatic rings. The first-order valence-corrected chi connectivity index (χ1v) is 13.7. The Balaban J connectivity index is 1.26. The molecule has 1 aliphatic heterocycles. The Kier molecular flexibility index (Phi) is 10.5. The van der Waals surface area contributed by atoms with Crippen molar-refractivity contribution in [2.45, 2.75) is 6.42 Å². The highest BCUT2D eigenvalue weighted by molar-refractivity contribution is 7.80. The van der Waals surface area contributed by atoms with Crippen LogP contribution in [0.4, 0.5) is 20.7 Å². The molecule has 1 saturated heterocycles. The van der Waals surface area contributed by atoms with E-state index >= 15 is 0 Å². The van der Waals surface area contributed by atoms with Gasteiger partial charge in [0.05, 0.1) is 6.42 Å². The third-order valence-corrected chi connectivity index (χ3v) is 6.57. The normalized spacial score (nSPS) is 13.5. The summed E-state index contributed by atoms with van der Waals surface area (Å²) in [6, 6.07) is 16.4. The average Bonchev–Trinajstić information content (AvgIpc) is 2.94. The van der Waals surface area contributed by atoms with Gasteiger partial charge in [0.2, 0.25) is 5.91 Å². The Bertz CT molecular complexity index is 1350. The monoisotopic (exact) mass is 579 g/mol. The number of aromatic nitrogens is 1. The molecule has 0 atom stereocenters. The van der Waals surface area contributed by atoms with Gasteiger partial charge in [-0.1, -0.05) is 30.3 Å². The minimum absolute atomic E-state index is 0.0214. The van der Waals surface area contributed by atoms with E-state index in [9.17, 15) is 14.0 Å². The first-order chi connectivity index (χ1) is 19.7. The zero-order chi connectivity index (χ0) is 29.2. The van der Waals surface area contributed by atoms with Crippen molar-refractivity contribution < 1.29 is 18.7 Å². The van der Waals surface area contributed by atoms with Crippen LogP contribution < -0.4 is 20.7 Å². The predicted octanol–water partition coefficient (Wildman–Crippen LogP) is 3.78. The van der Waals surface area contributed by atoms with Crippen molar-refractivity contribution in [3.63, 3.8) is 0 Å². The summed E-state index contributed by atoms with van der Waals surface area (Å²) in [4.78, 5) is 35.4. The number of hydrogen-bond acceptors (Lipinski definition) is 7. The van der Waals surface area contributed by atoms with Crippen molar-refractivity contribution in [3.8, 4) is 11.5 Å². The number of amides is 3. The van der Waals surface area contributed by atoms with Crippen LogP contribution in [0.25, 0.3) is 0 Å². The molecule has 0 spiro atoms. The van der Waals surface area contributed by atoms with Crippen molar-refractivity contribution in [3.05, 3.63) is 78.2 Å². The van der Waals surface area contributed by atoms with Crippen LogP contribution in [-0.2, 0) is 11.2 Å². The predicted molar refractivity (Wildman–Crippen MR) is 161 cm³/mol. The first kappa shape index (κ1) is 29.8. The van der Waals surface area contributed by atoms with Crippen LogP contribution in [0.15, 0.2) is 66.9 Å². The van der Waals surface area contributed by atoms with Crippen LogP contribution in [0.1, 0.15) is 5.56 Å². The SMILES string of the molecule is CN(C)CCN1CCN(C(=O)Nc2cc(Oc3ccc(NC(=S)NC(=O)Cc4ccccc4)cc3F)ccn2)CC1. The maximum absolute atomic E-state index is 14.8. The third-order valence-electron chi connectivity index (χ3n) is 6.37. The second-order valence-electron chi connectivity index (χ2n) is 9.85. The molecule has 0 saturated carbocycles. The molecule has 2 aromatic carbocycles. The van der Waals surface area contributed by atoms with E-state index in [1.165, 1.54) is 24.4 Å². The number of nitrogens with zero attached hydrogens (tertiary/aromatic N) is 4. The number of thiocarbonyl (C=S) groups is 1. The fraction of sp³-hybridized carbons (Fsp3) is 0.310. The van der Waals surface area contributed by atoms with Crippen molar-refractivity contribution in [2.24, 2.45) is 0 Å². The molecule has 216 valence electrons. The molecule has 1 aromatic heterocycles. The molecule has 0 bridgehead atoms. The van der Waals surface area contributed by atoms with E-state index in [4.69, 9.17) is 17.0 Å². The van der Waals surface area contributed by atoms with E-state index in [1.807, 2.05) is 44.4 Å². The van der Waals surface area contributed by atoms with Gasteiger partial charge in [0.25, 0.3) is 0 Å². The number of pyridine rings is 1. The lowest BCUT2D eigenvalue weighted by Gasteiger charge is -2.35. The van der Waals surface area contributed by atoms with Gasteiger partial charge in [-0.3, -0.25) is 15.0 Å². The molecular weight excluding hydrogens is 545 g/mol. The van der Waals surface area contributed by atoms with Gasteiger partial charge in [0, 0.05) is 63.3 Å². The van der Waals surface area contributed by atoms with E-state index in [2.05, 4.69) is 30.7 Å². The van der Waals surface area contributed by atoms with Crippen LogP contribution in [0.5, 0.6) is 11.5 Å². The summed E-state index contributed by atoms with van der Waals surface area (Å²) in [5.74, 6) is -0.322. The smallest absolute Gasteiger partial charge is 0.323 e. The third kappa shape index (κ3) is 9.48. The van der Waals surface area contributed by atoms with Crippen molar-refractivity contribution in [1.29, 1.82) is 0 Å². The molecule has 3 N–H and O–H groups in total. The topological polar surface area (TPSA) is 102 Å². The lowest BCUT2D eigenvalue weighted by molar-refractivity contribution is -0.119. The number of benzene rings is 2. The summed E-state index contributed by atoms with van der Waals surface area (Å²) < 4.78 is 20.5. The maximum atomic E-state index is 14.8. The molecule has 0 unspecified atom stereocenters. The molecule has 3 amide bonds. The van der Waals surface area contributed by atoms with E-state index in [0.717, 1.165) is 31.7 Å². The molecule has 12 heteroatoms. The molecule has 10 nitrogen and oxygen atoms in total. The number of carbonyl (C=O) groups excluding carboxylic acids is 2.